The van der Waals surface area contributed by atoms with Gasteiger partial charge in [0.05, 0.1) is 29.9 Å². The number of nitrogens with one attached hydrogen (secondary N) is 1. The second kappa shape index (κ2) is 8.81. The third kappa shape index (κ3) is 4.96. The predicted molar refractivity (Wildman–Crippen MR) is 127 cm³/mol. The van der Waals surface area contributed by atoms with Crippen molar-refractivity contribution in [1.29, 1.82) is 0 Å². The largest absolute Gasteiger partial charge is 0.372 e. The average Bonchev–Trinajstić information content (AvgIpc) is 2.71. The number of aryl methyl sites for hydroxylation is 1. The zero-order valence-electron chi connectivity index (χ0n) is 20.2. The molecular weight excluding hydrogens is 400 g/mol. The zero-order valence-corrected chi connectivity index (χ0v) is 20.2. The van der Waals surface area contributed by atoms with Gasteiger partial charge in [0, 0.05) is 24.8 Å². The molecule has 0 radical (unpaired) electrons. The van der Waals surface area contributed by atoms with Crippen molar-refractivity contribution >= 4 is 11.9 Å². The van der Waals surface area contributed by atoms with Crippen molar-refractivity contribution < 1.29 is 9.53 Å². The first kappa shape index (κ1) is 22.7. The molecular formula is C26H36N4O2. The van der Waals surface area contributed by atoms with Crippen LogP contribution >= 0.6 is 0 Å². The lowest BCUT2D eigenvalue weighted by Gasteiger charge is -2.38. The highest BCUT2D eigenvalue weighted by Crippen LogP contribution is 2.40. The van der Waals surface area contributed by atoms with E-state index in [9.17, 15) is 4.79 Å². The van der Waals surface area contributed by atoms with Gasteiger partial charge >= 0.3 is 0 Å². The summed E-state index contributed by atoms with van der Waals surface area (Å²) in [6.07, 6.45) is 4.00. The summed E-state index contributed by atoms with van der Waals surface area (Å²) < 4.78 is 5.87. The number of anilines is 1. The molecule has 1 fully saturated rings. The number of fused-ring (bicyclic) bond motifs is 1. The van der Waals surface area contributed by atoms with Crippen molar-refractivity contribution in [3.8, 4) is 0 Å². The maximum atomic E-state index is 13.1. The zero-order chi connectivity index (χ0) is 23.0. The van der Waals surface area contributed by atoms with E-state index in [4.69, 9.17) is 14.7 Å². The molecule has 6 nitrogen and oxygen atoms in total. The molecule has 1 aliphatic carbocycles. The topological polar surface area (TPSA) is 67.4 Å². The van der Waals surface area contributed by atoms with Gasteiger partial charge in [-0.05, 0) is 51.5 Å². The quantitative estimate of drug-likeness (QED) is 0.773. The Bertz CT molecular complexity index is 962. The Morgan fingerprint density at radius 2 is 1.84 bits per heavy atom. The van der Waals surface area contributed by atoms with Crippen LogP contribution < -0.4 is 10.2 Å². The van der Waals surface area contributed by atoms with Crippen molar-refractivity contribution in [2.45, 2.75) is 78.6 Å². The van der Waals surface area contributed by atoms with E-state index in [0.29, 0.717) is 0 Å². The van der Waals surface area contributed by atoms with E-state index in [1.54, 1.807) is 0 Å². The molecule has 1 aromatic heterocycles. The Morgan fingerprint density at radius 3 is 2.50 bits per heavy atom. The molecule has 32 heavy (non-hydrogen) atoms. The molecule has 1 saturated heterocycles. The van der Waals surface area contributed by atoms with Crippen LogP contribution in [0.25, 0.3) is 0 Å². The molecule has 2 aliphatic rings. The maximum absolute atomic E-state index is 13.1. The minimum Gasteiger partial charge on any atom is -0.372 e. The van der Waals surface area contributed by atoms with Crippen LogP contribution in [0.15, 0.2) is 30.5 Å². The highest BCUT2D eigenvalue weighted by Gasteiger charge is 2.36. The van der Waals surface area contributed by atoms with Crippen molar-refractivity contribution in [2.24, 2.45) is 5.41 Å². The standard InChI is InChI=1S/C26H36N4O2/c1-16-7-9-20(10-8-16)19(4)24(31)28-22-11-26(5,6)12-23-21(22)13-27-25(29-23)30-14-17(2)32-18(3)15-30/h7-10,13,17-19,22H,11-12,14-15H2,1-6H3,(H,28,31)/t17-,18-,19+,22-/m1/s1. The molecule has 2 aromatic rings. The van der Waals surface area contributed by atoms with Crippen molar-refractivity contribution in [3.05, 3.63) is 52.8 Å². The van der Waals surface area contributed by atoms with E-state index >= 15 is 0 Å². The highest BCUT2D eigenvalue weighted by molar-refractivity contribution is 5.83. The average molecular weight is 437 g/mol. The number of benzene rings is 1. The van der Waals surface area contributed by atoms with Crippen LogP contribution in [0, 0.1) is 12.3 Å². The van der Waals surface area contributed by atoms with Crippen molar-refractivity contribution in [3.63, 3.8) is 0 Å². The third-order valence-corrected chi connectivity index (χ3v) is 6.65. The van der Waals surface area contributed by atoms with Crippen molar-refractivity contribution in [2.75, 3.05) is 18.0 Å². The molecule has 2 heterocycles. The van der Waals surface area contributed by atoms with Crippen LogP contribution in [0.4, 0.5) is 5.95 Å². The minimum absolute atomic E-state index is 0.0439. The Balaban J connectivity index is 1.56. The predicted octanol–water partition coefficient (Wildman–Crippen LogP) is 4.33. The van der Waals surface area contributed by atoms with Crippen LogP contribution in [-0.2, 0) is 16.0 Å². The smallest absolute Gasteiger partial charge is 0.227 e. The van der Waals surface area contributed by atoms with Gasteiger partial charge in [0.25, 0.3) is 0 Å². The fraction of sp³-hybridized carbons (Fsp3) is 0.577. The molecule has 1 aromatic carbocycles. The van der Waals surface area contributed by atoms with Gasteiger partial charge in [0.2, 0.25) is 11.9 Å². The van der Waals surface area contributed by atoms with E-state index in [1.807, 2.05) is 25.3 Å². The number of hydrogen-bond donors (Lipinski definition) is 1. The number of morpholine rings is 1. The molecule has 1 aliphatic heterocycles. The number of aromatic nitrogens is 2. The molecule has 4 rings (SSSR count). The monoisotopic (exact) mass is 436 g/mol. The number of ether oxygens (including phenoxy) is 1. The molecule has 0 bridgehead atoms. The van der Waals surface area contributed by atoms with E-state index in [0.717, 1.165) is 48.7 Å². The lowest BCUT2D eigenvalue weighted by molar-refractivity contribution is -0.123. The normalized spacial score (nSPS) is 25.7. The second-order valence-corrected chi connectivity index (χ2v) is 10.5. The van der Waals surface area contributed by atoms with Gasteiger partial charge in [-0.2, -0.15) is 0 Å². The summed E-state index contributed by atoms with van der Waals surface area (Å²) in [5, 5.41) is 3.30. The maximum Gasteiger partial charge on any atom is 0.227 e. The van der Waals surface area contributed by atoms with Gasteiger partial charge in [0.15, 0.2) is 0 Å². The summed E-state index contributed by atoms with van der Waals surface area (Å²) in [6.45, 7) is 14.3. The fourth-order valence-corrected chi connectivity index (χ4v) is 4.96. The number of nitrogens with zero attached hydrogens (tertiary/aromatic N) is 3. The van der Waals surface area contributed by atoms with Gasteiger partial charge in [0.1, 0.15) is 0 Å². The molecule has 1 amide bonds. The summed E-state index contributed by atoms with van der Waals surface area (Å²) in [4.78, 5) is 25.0. The van der Waals surface area contributed by atoms with E-state index in [-0.39, 0.29) is 35.5 Å². The molecule has 1 N–H and O–H groups in total. The molecule has 6 heteroatoms. The number of hydrogen-bond acceptors (Lipinski definition) is 5. The molecule has 0 spiro atoms. The Kier molecular flexibility index (Phi) is 6.26. The van der Waals surface area contributed by atoms with Gasteiger partial charge in [-0.15, -0.1) is 0 Å². The first-order valence-corrected chi connectivity index (χ1v) is 11.7. The van der Waals surface area contributed by atoms with E-state index < -0.39 is 0 Å². The van der Waals surface area contributed by atoms with E-state index in [1.165, 1.54) is 5.56 Å². The first-order valence-electron chi connectivity index (χ1n) is 11.7. The van der Waals surface area contributed by atoms with Crippen LogP contribution in [-0.4, -0.2) is 41.2 Å². The SMILES string of the molecule is Cc1ccc([C@H](C)C(=O)N[C@@H]2CC(C)(C)Cc3nc(N4C[C@@H](C)O[C@H](C)C4)ncc32)cc1. The summed E-state index contributed by atoms with van der Waals surface area (Å²) in [7, 11) is 0. The lowest BCUT2D eigenvalue weighted by atomic mass is 9.74. The summed E-state index contributed by atoms with van der Waals surface area (Å²) in [5.41, 5.74) is 4.38. The van der Waals surface area contributed by atoms with Crippen LogP contribution in [0.1, 0.15) is 75.4 Å². The van der Waals surface area contributed by atoms with Gasteiger partial charge in [-0.1, -0.05) is 43.7 Å². The molecule has 0 unspecified atom stereocenters. The fourth-order valence-electron chi connectivity index (χ4n) is 4.96. The number of amides is 1. The number of carbonyl (C=O) groups excluding carboxylic acids is 1. The van der Waals surface area contributed by atoms with Crippen LogP contribution in [0.3, 0.4) is 0 Å². The summed E-state index contributed by atoms with van der Waals surface area (Å²) in [5.74, 6) is 0.601. The molecule has 4 atom stereocenters. The summed E-state index contributed by atoms with van der Waals surface area (Å²) in [6, 6.07) is 8.11. The lowest BCUT2D eigenvalue weighted by Crippen LogP contribution is -2.46. The van der Waals surface area contributed by atoms with Gasteiger partial charge < -0.3 is 15.0 Å². The van der Waals surface area contributed by atoms with Gasteiger partial charge in [-0.3, -0.25) is 4.79 Å². The summed E-state index contributed by atoms with van der Waals surface area (Å²) >= 11 is 0. The minimum atomic E-state index is -0.208. The Labute approximate surface area is 191 Å². The molecule has 172 valence electrons. The van der Waals surface area contributed by atoms with Crippen LogP contribution in [0.5, 0.6) is 0 Å². The highest BCUT2D eigenvalue weighted by atomic mass is 16.5. The number of carbonyl (C=O) groups is 1. The molecule has 0 saturated carbocycles. The Morgan fingerprint density at radius 1 is 1.19 bits per heavy atom. The third-order valence-electron chi connectivity index (χ3n) is 6.65. The van der Waals surface area contributed by atoms with Gasteiger partial charge in [-0.25, -0.2) is 9.97 Å². The van der Waals surface area contributed by atoms with Crippen LogP contribution in [0.2, 0.25) is 0 Å². The second-order valence-electron chi connectivity index (χ2n) is 10.5. The first-order chi connectivity index (χ1) is 15.1. The number of rotatable bonds is 4. The van der Waals surface area contributed by atoms with E-state index in [2.05, 4.69) is 57.0 Å². The Hall–Kier alpha value is -2.47. The van der Waals surface area contributed by atoms with Crippen molar-refractivity contribution in [1.82, 2.24) is 15.3 Å².